The van der Waals surface area contributed by atoms with Crippen molar-refractivity contribution in [1.29, 1.82) is 0 Å². The number of ether oxygens (including phenoxy) is 2. The average Bonchev–Trinajstić information content (AvgIpc) is 2.65. The van der Waals surface area contributed by atoms with Crippen LogP contribution in [0.5, 0.6) is 11.5 Å². The predicted octanol–water partition coefficient (Wildman–Crippen LogP) is 3.41. The van der Waals surface area contributed by atoms with Gasteiger partial charge in [-0.15, -0.1) is 24.0 Å². The van der Waals surface area contributed by atoms with Crippen LogP contribution in [0, 0.1) is 6.92 Å². The van der Waals surface area contributed by atoms with Crippen LogP contribution in [-0.4, -0.2) is 39.8 Å². The summed E-state index contributed by atoms with van der Waals surface area (Å²) in [6, 6.07) is 16.1. The Balaban J connectivity index is 0.00000338. The van der Waals surface area contributed by atoms with Crippen molar-refractivity contribution in [2.24, 2.45) is 4.99 Å². The molecule has 6 heteroatoms. The third-order valence-electron chi connectivity index (χ3n) is 3.85. The molecule has 0 heterocycles. The lowest BCUT2D eigenvalue weighted by molar-refractivity contribution is 0.320. The molecular formula is C20H28IN3O2. The van der Waals surface area contributed by atoms with Gasteiger partial charge in [0.2, 0.25) is 0 Å². The zero-order valence-electron chi connectivity index (χ0n) is 15.6. The van der Waals surface area contributed by atoms with E-state index in [0.717, 1.165) is 36.0 Å². The van der Waals surface area contributed by atoms with Gasteiger partial charge in [0.05, 0.1) is 13.7 Å². The molecule has 142 valence electrons. The Morgan fingerprint density at radius 3 is 2.31 bits per heavy atom. The summed E-state index contributed by atoms with van der Waals surface area (Å²) in [5.74, 6) is 2.60. The molecule has 0 aliphatic rings. The second-order valence-electron chi connectivity index (χ2n) is 5.60. The van der Waals surface area contributed by atoms with Crippen LogP contribution < -0.4 is 20.1 Å². The number of aryl methyl sites for hydroxylation is 1. The highest BCUT2D eigenvalue weighted by Crippen LogP contribution is 2.17. The Kier molecular flexibility index (Phi) is 10.5. The first-order chi connectivity index (χ1) is 12.2. The van der Waals surface area contributed by atoms with Crippen LogP contribution in [0.2, 0.25) is 0 Å². The average molecular weight is 469 g/mol. The van der Waals surface area contributed by atoms with E-state index in [-0.39, 0.29) is 24.0 Å². The van der Waals surface area contributed by atoms with Gasteiger partial charge in [0.15, 0.2) is 5.96 Å². The normalized spacial score (nSPS) is 10.7. The van der Waals surface area contributed by atoms with Crippen LogP contribution in [0.1, 0.15) is 11.1 Å². The van der Waals surface area contributed by atoms with Gasteiger partial charge in [-0.2, -0.15) is 0 Å². The summed E-state index contributed by atoms with van der Waals surface area (Å²) in [5.41, 5.74) is 2.32. The Labute approximate surface area is 173 Å². The summed E-state index contributed by atoms with van der Waals surface area (Å²) in [6.07, 6.45) is 0.865. The minimum Gasteiger partial charge on any atom is -0.496 e. The quantitative estimate of drug-likeness (QED) is 0.269. The molecule has 0 saturated carbocycles. The van der Waals surface area contributed by atoms with Gasteiger partial charge >= 0.3 is 0 Å². The van der Waals surface area contributed by atoms with Crippen LogP contribution in [0.15, 0.2) is 53.5 Å². The van der Waals surface area contributed by atoms with Crippen LogP contribution >= 0.6 is 24.0 Å². The van der Waals surface area contributed by atoms with Crippen LogP contribution in [0.3, 0.4) is 0 Å². The number of halogens is 1. The second-order valence-corrected chi connectivity index (χ2v) is 5.60. The Hall–Kier alpha value is -1.96. The molecule has 0 amide bonds. The van der Waals surface area contributed by atoms with E-state index >= 15 is 0 Å². The van der Waals surface area contributed by atoms with E-state index in [9.17, 15) is 0 Å². The molecule has 0 aromatic heterocycles. The summed E-state index contributed by atoms with van der Waals surface area (Å²) < 4.78 is 11.1. The van der Waals surface area contributed by atoms with E-state index < -0.39 is 0 Å². The second kappa shape index (κ2) is 12.4. The van der Waals surface area contributed by atoms with Gasteiger partial charge in [-0.1, -0.05) is 36.4 Å². The molecule has 0 unspecified atom stereocenters. The summed E-state index contributed by atoms with van der Waals surface area (Å²) >= 11 is 0. The number of guanidine groups is 1. The molecule has 2 aromatic carbocycles. The molecule has 2 aromatic rings. The van der Waals surface area contributed by atoms with E-state index in [1.165, 1.54) is 5.56 Å². The number of hydrogen-bond acceptors (Lipinski definition) is 3. The Bertz CT molecular complexity index is 692. The van der Waals surface area contributed by atoms with Crippen molar-refractivity contribution in [3.63, 3.8) is 0 Å². The van der Waals surface area contributed by atoms with Crippen LogP contribution in [0.4, 0.5) is 0 Å². The van der Waals surface area contributed by atoms with Gasteiger partial charge in [0, 0.05) is 13.6 Å². The number of aliphatic imine (C=N–C) groups is 1. The molecule has 0 aliphatic heterocycles. The first-order valence-electron chi connectivity index (χ1n) is 8.49. The van der Waals surface area contributed by atoms with Gasteiger partial charge in [0.25, 0.3) is 0 Å². The minimum absolute atomic E-state index is 0. The van der Waals surface area contributed by atoms with E-state index in [4.69, 9.17) is 9.47 Å². The van der Waals surface area contributed by atoms with Gasteiger partial charge in [-0.25, -0.2) is 0 Å². The molecule has 0 saturated heterocycles. The van der Waals surface area contributed by atoms with Crippen LogP contribution in [0.25, 0.3) is 0 Å². The largest absolute Gasteiger partial charge is 0.496 e. The molecule has 0 radical (unpaired) electrons. The molecule has 2 N–H and O–H groups in total. The molecule has 0 atom stereocenters. The van der Waals surface area contributed by atoms with Crippen molar-refractivity contribution in [3.05, 3.63) is 59.7 Å². The minimum atomic E-state index is 0. The number of rotatable bonds is 8. The van der Waals surface area contributed by atoms with Crippen molar-refractivity contribution >= 4 is 29.9 Å². The van der Waals surface area contributed by atoms with E-state index in [1.807, 2.05) is 49.4 Å². The summed E-state index contributed by atoms with van der Waals surface area (Å²) in [6.45, 7) is 4.08. The molecule has 0 fully saturated rings. The maximum absolute atomic E-state index is 5.77. The monoisotopic (exact) mass is 469 g/mol. The lowest BCUT2D eigenvalue weighted by Crippen LogP contribution is -2.40. The maximum Gasteiger partial charge on any atom is 0.191 e. The van der Waals surface area contributed by atoms with Crippen molar-refractivity contribution in [3.8, 4) is 11.5 Å². The third-order valence-corrected chi connectivity index (χ3v) is 3.85. The maximum atomic E-state index is 5.77. The van der Waals surface area contributed by atoms with Crippen LogP contribution in [-0.2, 0) is 6.42 Å². The number of benzene rings is 2. The summed E-state index contributed by atoms with van der Waals surface area (Å²) in [5, 5.41) is 6.56. The highest BCUT2D eigenvalue weighted by atomic mass is 127. The van der Waals surface area contributed by atoms with Crippen molar-refractivity contribution in [1.82, 2.24) is 10.6 Å². The Morgan fingerprint density at radius 2 is 1.62 bits per heavy atom. The highest BCUT2D eigenvalue weighted by Gasteiger charge is 2.03. The molecular weight excluding hydrogens is 441 g/mol. The van der Waals surface area contributed by atoms with Crippen molar-refractivity contribution < 1.29 is 9.47 Å². The summed E-state index contributed by atoms with van der Waals surface area (Å²) in [4.78, 5) is 4.23. The van der Waals surface area contributed by atoms with Gasteiger partial charge in [-0.05, 0) is 36.6 Å². The molecule has 0 bridgehead atoms. The zero-order valence-corrected chi connectivity index (χ0v) is 17.9. The lowest BCUT2D eigenvalue weighted by atomic mass is 10.1. The number of methoxy groups -OCH3 is 1. The van der Waals surface area contributed by atoms with Gasteiger partial charge < -0.3 is 20.1 Å². The lowest BCUT2D eigenvalue weighted by Gasteiger charge is -2.14. The summed E-state index contributed by atoms with van der Waals surface area (Å²) in [7, 11) is 3.46. The fourth-order valence-electron chi connectivity index (χ4n) is 2.49. The number of nitrogens with zero attached hydrogens (tertiary/aromatic N) is 1. The van der Waals surface area contributed by atoms with Crippen molar-refractivity contribution in [2.45, 2.75) is 13.3 Å². The first kappa shape index (κ1) is 22.1. The first-order valence-corrected chi connectivity index (χ1v) is 8.49. The van der Waals surface area contributed by atoms with E-state index in [1.54, 1.807) is 14.2 Å². The molecule has 0 aliphatic carbocycles. The third kappa shape index (κ3) is 7.11. The number of hydrogen-bond donors (Lipinski definition) is 2. The fourth-order valence-corrected chi connectivity index (χ4v) is 2.49. The zero-order chi connectivity index (χ0) is 17.9. The van der Waals surface area contributed by atoms with Gasteiger partial charge in [0.1, 0.15) is 18.1 Å². The molecule has 0 spiro atoms. The van der Waals surface area contributed by atoms with Gasteiger partial charge in [-0.3, -0.25) is 4.99 Å². The molecule has 2 rings (SSSR count). The Morgan fingerprint density at radius 1 is 0.962 bits per heavy atom. The molecule has 26 heavy (non-hydrogen) atoms. The standard InChI is InChI=1S/C20H27N3O2.HI/c1-16-8-4-6-10-18(16)25-15-14-23-20(21-2)22-13-12-17-9-5-7-11-19(17)24-3;/h4-11H,12-15H2,1-3H3,(H2,21,22,23);1H. The number of para-hydroxylation sites is 2. The number of nitrogens with one attached hydrogen (secondary N) is 2. The highest BCUT2D eigenvalue weighted by molar-refractivity contribution is 14.0. The SMILES string of the molecule is CN=C(NCCOc1ccccc1C)NCCc1ccccc1OC.I. The topological polar surface area (TPSA) is 54.9 Å². The predicted molar refractivity (Wildman–Crippen MR) is 118 cm³/mol. The molecule has 5 nitrogen and oxygen atoms in total. The van der Waals surface area contributed by atoms with Crippen molar-refractivity contribution in [2.75, 3.05) is 33.9 Å². The van der Waals surface area contributed by atoms with E-state index in [0.29, 0.717) is 13.2 Å². The van der Waals surface area contributed by atoms with E-state index in [2.05, 4.69) is 21.7 Å². The smallest absolute Gasteiger partial charge is 0.191 e. The fraction of sp³-hybridized carbons (Fsp3) is 0.350.